The molecule has 0 aliphatic carbocycles. The maximum atomic E-state index is 4.55. The summed E-state index contributed by atoms with van der Waals surface area (Å²) in [5.74, 6) is 0. The van der Waals surface area contributed by atoms with E-state index in [1.54, 1.807) is 0 Å². The van der Waals surface area contributed by atoms with Crippen LogP contribution < -0.4 is 0 Å². The molecule has 0 radical (unpaired) electrons. The molecule has 0 unspecified atom stereocenters. The minimum atomic E-state index is 0. The molecule has 1 aliphatic heterocycles. The summed E-state index contributed by atoms with van der Waals surface area (Å²) in [4.78, 5) is 9.09. The zero-order chi connectivity index (χ0) is 13.1. The van der Waals surface area contributed by atoms with Crippen LogP contribution in [0.3, 0.4) is 0 Å². The van der Waals surface area contributed by atoms with Gasteiger partial charge in [0, 0.05) is 24.5 Å². The molecule has 0 saturated carbocycles. The Kier molecular flexibility index (Phi) is 12.6. The molecule has 0 aromatic carbocycles. The second kappa shape index (κ2) is 12.8. The van der Waals surface area contributed by atoms with Crippen molar-refractivity contribution < 1.29 is 16.5 Å². The summed E-state index contributed by atoms with van der Waals surface area (Å²) >= 11 is 0. The Morgan fingerprint density at radius 3 is 1.68 bits per heavy atom. The van der Waals surface area contributed by atoms with Crippen LogP contribution in [0.25, 0.3) is 10.6 Å². The van der Waals surface area contributed by atoms with Gasteiger partial charge in [-0.05, 0) is 33.1 Å². The van der Waals surface area contributed by atoms with Gasteiger partial charge < -0.3 is 10.6 Å². The Morgan fingerprint density at radius 1 is 0.737 bits per heavy atom. The number of hydrogen-bond acceptors (Lipinski definition) is 2. The first-order valence-electron chi connectivity index (χ1n) is 7.05. The Labute approximate surface area is 127 Å². The van der Waals surface area contributed by atoms with Crippen molar-refractivity contribution in [2.75, 3.05) is 39.3 Å². The van der Waals surface area contributed by atoms with Gasteiger partial charge in [-0.25, -0.2) is 0 Å². The molecule has 112 valence electrons. The molecule has 4 nitrogen and oxygen atoms in total. The van der Waals surface area contributed by atoms with E-state index in [0.29, 0.717) is 0 Å². The van der Waals surface area contributed by atoms with E-state index in [1.807, 2.05) is 0 Å². The van der Waals surface area contributed by atoms with E-state index < -0.39 is 0 Å². The quantitative estimate of drug-likeness (QED) is 0.617. The minimum absolute atomic E-state index is 0. The fourth-order valence-corrected chi connectivity index (χ4v) is 1.77. The molecule has 1 heterocycles. The molecule has 0 atom stereocenters. The van der Waals surface area contributed by atoms with Crippen LogP contribution >= 0.6 is 0 Å². The van der Waals surface area contributed by atoms with Crippen LogP contribution in [0, 0.1) is 0 Å². The van der Waals surface area contributed by atoms with Gasteiger partial charge in [0.05, 0.1) is 0 Å². The van der Waals surface area contributed by atoms with Crippen LogP contribution in [-0.4, -0.2) is 50.7 Å². The minimum Gasteiger partial charge on any atom is -0.662 e. The van der Waals surface area contributed by atoms with Gasteiger partial charge in [-0.1, -0.05) is 6.42 Å². The topological polar surface area (TPSA) is 52.9 Å². The van der Waals surface area contributed by atoms with Gasteiger partial charge in [-0.15, -0.1) is 13.1 Å². The number of nitrogens with zero attached hydrogens (tertiary/aromatic N) is 4. The van der Waals surface area contributed by atoms with Crippen LogP contribution in [0.4, 0.5) is 0 Å². The monoisotopic (exact) mass is 308 g/mol. The van der Waals surface area contributed by atoms with Crippen LogP contribution in [0.15, 0.2) is 9.98 Å². The third kappa shape index (κ3) is 11.3. The first kappa shape index (κ1) is 18.8. The maximum absolute atomic E-state index is 4.55. The first-order valence-corrected chi connectivity index (χ1v) is 7.05. The Bertz CT molecular complexity index is 251. The predicted molar refractivity (Wildman–Crippen MR) is 80.6 cm³/mol. The average Bonchev–Trinajstić information content (AvgIpc) is 2.35. The summed E-state index contributed by atoms with van der Waals surface area (Å²) < 4.78 is 0. The first-order chi connectivity index (χ1) is 8.79. The molecule has 0 aromatic rings. The van der Waals surface area contributed by atoms with Crippen molar-refractivity contribution in [3.8, 4) is 0 Å². The van der Waals surface area contributed by atoms with Gasteiger partial charge in [-0.3, -0.25) is 9.98 Å². The molecule has 0 N–H and O–H groups in total. The van der Waals surface area contributed by atoms with E-state index in [1.165, 1.54) is 11.4 Å². The van der Waals surface area contributed by atoms with Crippen molar-refractivity contribution >= 4 is 11.4 Å². The number of aliphatic imine (C=N–C) groups is 2. The van der Waals surface area contributed by atoms with Crippen molar-refractivity contribution in [2.45, 2.75) is 39.5 Å². The van der Waals surface area contributed by atoms with Crippen molar-refractivity contribution in [2.24, 2.45) is 9.98 Å². The van der Waals surface area contributed by atoms with Crippen molar-refractivity contribution in [1.29, 1.82) is 0 Å². The SMILES string of the molecule is CC1=NCCCN=C(C)CC[N-]CCC[N-]CC1.[Ni+2]. The molecule has 0 fully saturated rings. The number of rotatable bonds is 0. The van der Waals surface area contributed by atoms with Gasteiger partial charge in [0.2, 0.25) is 0 Å². The molecular formula is C14H26N4Ni. The van der Waals surface area contributed by atoms with Crippen molar-refractivity contribution in [3.63, 3.8) is 0 Å². The van der Waals surface area contributed by atoms with Gasteiger partial charge >= 0.3 is 16.5 Å². The van der Waals surface area contributed by atoms with E-state index in [-0.39, 0.29) is 16.5 Å². The largest absolute Gasteiger partial charge is 2.00 e. The summed E-state index contributed by atoms with van der Waals surface area (Å²) in [6.07, 6.45) is 4.12. The third-order valence-corrected chi connectivity index (χ3v) is 2.98. The Balaban J connectivity index is 0.00000324. The summed E-state index contributed by atoms with van der Waals surface area (Å²) in [6.45, 7) is 9.68. The predicted octanol–water partition coefficient (Wildman–Crippen LogP) is 3.23. The molecule has 5 heteroatoms. The van der Waals surface area contributed by atoms with Gasteiger partial charge in [0.1, 0.15) is 0 Å². The van der Waals surface area contributed by atoms with E-state index in [2.05, 4.69) is 34.5 Å². The van der Waals surface area contributed by atoms with E-state index in [9.17, 15) is 0 Å². The molecule has 0 amide bonds. The molecule has 1 rings (SSSR count). The zero-order valence-electron chi connectivity index (χ0n) is 12.2. The van der Waals surface area contributed by atoms with Crippen LogP contribution in [0.2, 0.25) is 0 Å². The zero-order valence-corrected chi connectivity index (χ0v) is 13.2. The van der Waals surface area contributed by atoms with Crippen molar-refractivity contribution in [1.82, 2.24) is 0 Å². The van der Waals surface area contributed by atoms with E-state index in [4.69, 9.17) is 0 Å². The molecule has 19 heavy (non-hydrogen) atoms. The second-order valence-corrected chi connectivity index (χ2v) is 4.78. The fraction of sp³-hybridized carbons (Fsp3) is 0.857. The van der Waals surface area contributed by atoms with Gasteiger partial charge in [-0.2, -0.15) is 13.1 Å². The Hall–Kier alpha value is -0.246. The maximum Gasteiger partial charge on any atom is 2.00 e. The van der Waals surface area contributed by atoms with Gasteiger partial charge in [0.15, 0.2) is 0 Å². The molecule has 0 spiro atoms. The molecule has 0 saturated heterocycles. The molecule has 1 aliphatic rings. The smallest absolute Gasteiger partial charge is 0.662 e. The second-order valence-electron chi connectivity index (χ2n) is 4.78. The summed E-state index contributed by atoms with van der Waals surface area (Å²) in [6, 6.07) is 0. The third-order valence-electron chi connectivity index (χ3n) is 2.98. The van der Waals surface area contributed by atoms with E-state index >= 15 is 0 Å². The summed E-state index contributed by atoms with van der Waals surface area (Å²) in [7, 11) is 0. The number of hydrogen-bond donors (Lipinski definition) is 0. The summed E-state index contributed by atoms with van der Waals surface area (Å²) in [5, 5.41) is 9.00. The molecule has 0 bridgehead atoms. The normalized spacial score (nSPS) is 20.9. The Morgan fingerprint density at radius 2 is 1.21 bits per heavy atom. The fourth-order valence-electron chi connectivity index (χ4n) is 1.77. The van der Waals surface area contributed by atoms with E-state index in [0.717, 1.165) is 65.0 Å². The summed E-state index contributed by atoms with van der Waals surface area (Å²) in [5.41, 5.74) is 2.44. The standard InChI is InChI=1S/C14H26N4.Ni/c1-13-5-11-15-7-3-8-16-12-6-14(2)18-10-4-9-17-13;/h3-12H2,1-2H3;/q-2;+2. The van der Waals surface area contributed by atoms with Crippen LogP contribution in [-0.2, 0) is 16.5 Å². The molecule has 0 aromatic heterocycles. The van der Waals surface area contributed by atoms with Crippen LogP contribution in [0.5, 0.6) is 0 Å². The van der Waals surface area contributed by atoms with Crippen molar-refractivity contribution in [3.05, 3.63) is 10.6 Å². The van der Waals surface area contributed by atoms with Crippen LogP contribution in [0.1, 0.15) is 39.5 Å². The van der Waals surface area contributed by atoms with Gasteiger partial charge in [0.25, 0.3) is 0 Å². The average molecular weight is 309 g/mol. The molecular weight excluding hydrogens is 283 g/mol.